The van der Waals surface area contributed by atoms with Crippen LogP contribution in [0.4, 0.5) is 5.82 Å². The molecule has 1 fully saturated rings. The summed E-state index contributed by atoms with van der Waals surface area (Å²) in [5.74, 6) is 1.14. The third-order valence-corrected chi connectivity index (χ3v) is 5.24. The van der Waals surface area contributed by atoms with Crippen LogP contribution in [0.5, 0.6) is 0 Å². The van der Waals surface area contributed by atoms with Crippen LogP contribution in [0.1, 0.15) is 29.7 Å². The Balaban J connectivity index is 1.36. The maximum Gasteiger partial charge on any atom is 0.136 e. The molecular weight excluding hydrogens is 312 g/mol. The van der Waals surface area contributed by atoms with Gasteiger partial charge in [-0.15, -0.1) is 0 Å². The van der Waals surface area contributed by atoms with Crippen molar-refractivity contribution in [3.05, 3.63) is 53.5 Å². The van der Waals surface area contributed by atoms with Gasteiger partial charge in [0.15, 0.2) is 0 Å². The lowest BCUT2D eigenvalue weighted by atomic mass is 10.0. The summed E-state index contributed by atoms with van der Waals surface area (Å²) < 4.78 is 6.12. The molecule has 3 heterocycles. The second kappa shape index (κ2) is 7.50. The van der Waals surface area contributed by atoms with Gasteiger partial charge in [0.2, 0.25) is 0 Å². The first kappa shape index (κ1) is 16.5. The molecule has 1 saturated heterocycles. The zero-order valence-electron chi connectivity index (χ0n) is 14.9. The van der Waals surface area contributed by atoms with Gasteiger partial charge in [0, 0.05) is 38.2 Å². The number of aromatic nitrogens is 2. The van der Waals surface area contributed by atoms with Gasteiger partial charge in [0.25, 0.3) is 0 Å². The molecule has 5 nitrogen and oxygen atoms in total. The summed E-state index contributed by atoms with van der Waals surface area (Å²) in [7, 11) is 2.17. The molecule has 0 aliphatic carbocycles. The van der Waals surface area contributed by atoms with Crippen molar-refractivity contribution in [3.8, 4) is 0 Å². The van der Waals surface area contributed by atoms with Crippen LogP contribution in [0, 0.1) is 0 Å². The number of anilines is 1. The topological polar surface area (TPSA) is 41.5 Å². The largest absolute Gasteiger partial charge is 0.373 e. The summed E-state index contributed by atoms with van der Waals surface area (Å²) in [5.41, 5.74) is 3.79. The molecule has 2 aromatic rings. The summed E-state index contributed by atoms with van der Waals surface area (Å²) in [4.78, 5) is 13.9. The van der Waals surface area contributed by atoms with Crippen LogP contribution in [0.3, 0.4) is 0 Å². The minimum atomic E-state index is 0.344. The van der Waals surface area contributed by atoms with Crippen molar-refractivity contribution < 1.29 is 4.74 Å². The van der Waals surface area contributed by atoms with Gasteiger partial charge in [-0.25, -0.2) is 9.97 Å². The van der Waals surface area contributed by atoms with Crippen LogP contribution in [-0.4, -0.2) is 47.7 Å². The van der Waals surface area contributed by atoms with Crippen molar-refractivity contribution in [1.29, 1.82) is 0 Å². The second-order valence-corrected chi connectivity index (χ2v) is 7.09. The van der Waals surface area contributed by atoms with E-state index in [1.54, 1.807) is 6.33 Å². The van der Waals surface area contributed by atoms with Crippen LogP contribution in [0.2, 0.25) is 0 Å². The molecule has 132 valence electrons. The number of benzene rings is 1. The molecule has 2 aliphatic rings. The van der Waals surface area contributed by atoms with E-state index < -0.39 is 0 Å². The Morgan fingerprint density at radius 1 is 1.08 bits per heavy atom. The molecule has 4 rings (SSSR count). The van der Waals surface area contributed by atoms with E-state index in [4.69, 9.17) is 4.74 Å². The van der Waals surface area contributed by atoms with Crippen molar-refractivity contribution in [2.45, 2.75) is 38.5 Å². The van der Waals surface area contributed by atoms with E-state index in [0.717, 1.165) is 51.3 Å². The van der Waals surface area contributed by atoms with Crippen LogP contribution in [0.15, 0.2) is 36.7 Å². The highest BCUT2D eigenvalue weighted by molar-refractivity contribution is 5.49. The van der Waals surface area contributed by atoms with E-state index in [0.29, 0.717) is 12.7 Å². The first-order valence-electron chi connectivity index (χ1n) is 9.21. The number of piperidine rings is 1. The molecule has 0 bridgehead atoms. The highest BCUT2D eigenvalue weighted by atomic mass is 16.5. The summed E-state index contributed by atoms with van der Waals surface area (Å²) >= 11 is 0. The summed E-state index contributed by atoms with van der Waals surface area (Å²) in [6.07, 6.45) is 5.22. The number of likely N-dealkylation sites (N-methyl/N-ethyl adjacent to an activating group) is 1. The minimum Gasteiger partial charge on any atom is -0.373 e. The zero-order valence-corrected chi connectivity index (χ0v) is 14.9. The van der Waals surface area contributed by atoms with E-state index in [-0.39, 0.29) is 0 Å². The van der Waals surface area contributed by atoms with Crippen molar-refractivity contribution in [2.75, 3.05) is 31.6 Å². The predicted molar refractivity (Wildman–Crippen MR) is 98.5 cm³/mol. The van der Waals surface area contributed by atoms with Gasteiger partial charge in [-0.1, -0.05) is 30.3 Å². The number of hydrogen-bond donors (Lipinski definition) is 0. The monoisotopic (exact) mass is 338 g/mol. The van der Waals surface area contributed by atoms with Gasteiger partial charge in [0.1, 0.15) is 12.1 Å². The molecule has 0 radical (unpaired) electrons. The Labute approximate surface area is 149 Å². The second-order valence-electron chi connectivity index (χ2n) is 7.09. The Morgan fingerprint density at radius 2 is 1.88 bits per heavy atom. The average Bonchev–Trinajstić information content (AvgIpc) is 2.67. The molecule has 0 unspecified atom stereocenters. The molecule has 5 heteroatoms. The van der Waals surface area contributed by atoms with E-state index in [9.17, 15) is 0 Å². The highest BCUT2D eigenvalue weighted by Gasteiger charge is 2.26. The molecular formula is C20H26N4O. The molecule has 1 aromatic carbocycles. The van der Waals surface area contributed by atoms with E-state index in [1.165, 1.54) is 16.8 Å². The van der Waals surface area contributed by atoms with Crippen molar-refractivity contribution in [3.63, 3.8) is 0 Å². The number of ether oxygens (including phenoxy) is 1. The number of rotatable bonds is 4. The molecule has 0 N–H and O–H groups in total. The fourth-order valence-corrected chi connectivity index (χ4v) is 3.76. The summed E-state index contributed by atoms with van der Waals surface area (Å²) in [5, 5.41) is 0. The lowest BCUT2D eigenvalue weighted by Gasteiger charge is -2.35. The maximum atomic E-state index is 6.12. The first-order valence-corrected chi connectivity index (χ1v) is 9.21. The van der Waals surface area contributed by atoms with E-state index in [1.807, 2.05) is 6.07 Å². The van der Waals surface area contributed by atoms with Crippen molar-refractivity contribution >= 4 is 5.82 Å². The van der Waals surface area contributed by atoms with Crippen molar-refractivity contribution in [2.24, 2.45) is 0 Å². The highest BCUT2D eigenvalue weighted by Crippen LogP contribution is 2.28. The fraction of sp³-hybridized carbons (Fsp3) is 0.500. The van der Waals surface area contributed by atoms with Gasteiger partial charge in [-0.05, 0) is 25.5 Å². The van der Waals surface area contributed by atoms with Crippen LogP contribution < -0.4 is 4.90 Å². The fourth-order valence-electron chi connectivity index (χ4n) is 3.76. The SMILES string of the molecule is CN1CCc2ncnc(N3CCC(OCc4ccccc4)CC3)c2C1. The molecule has 25 heavy (non-hydrogen) atoms. The Morgan fingerprint density at radius 3 is 2.68 bits per heavy atom. The van der Waals surface area contributed by atoms with Crippen LogP contribution >= 0.6 is 0 Å². The van der Waals surface area contributed by atoms with Crippen molar-refractivity contribution in [1.82, 2.24) is 14.9 Å². The number of hydrogen-bond acceptors (Lipinski definition) is 5. The van der Waals surface area contributed by atoms with E-state index >= 15 is 0 Å². The minimum absolute atomic E-state index is 0.344. The predicted octanol–water partition coefficient (Wildman–Crippen LogP) is 2.65. The third kappa shape index (κ3) is 3.83. The lowest BCUT2D eigenvalue weighted by molar-refractivity contribution is 0.0250. The van der Waals surface area contributed by atoms with E-state index in [2.05, 4.69) is 51.1 Å². The quantitative estimate of drug-likeness (QED) is 0.857. The van der Waals surface area contributed by atoms with Crippen LogP contribution in [-0.2, 0) is 24.3 Å². The summed E-state index contributed by atoms with van der Waals surface area (Å²) in [6.45, 7) is 4.76. The Hall–Kier alpha value is -1.98. The average molecular weight is 338 g/mol. The molecule has 1 aromatic heterocycles. The van der Waals surface area contributed by atoms with Gasteiger partial charge in [0.05, 0.1) is 18.4 Å². The number of fused-ring (bicyclic) bond motifs is 1. The smallest absolute Gasteiger partial charge is 0.136 e. The molecule has 0 amide bonds. The third-order valence-electron chi connectivity index (χ3n) is 5.24. The van der Waals surface area contributed by atoms with Gasteiger partial charge in [-0.2, -0.15) is 0 Å². The number of nitrogens with zero attached hydrogens (tertiary/aromatic N) is 4. The molecule has 0 saturated carbocycles. The Kier molecular flexibility index (Phi) is 4.95. The van der Waals surface area contributed by atoms with Gasteiger partial charge in [-0.3, -0.25) is 0 Å². The normalized spacial score (nSPS) is 19.0. The van der Waals surface area contributed by atoms with Gasteiger partial charge >= 0.3 is 0 Å². The Bertz CT molecular complexity index is 698. The standard InChI is InChI=1S/C20H26N4O/c1-23-10-9-19-18(13-23)20(22-15-21-19)24-11-7-17(8-12-24)25-14-16-5-3-2-4-6-16/h2-6,15,17H,7-14H2,1H3. The molecule has 0 atom stereocenters. The zero-order chi connectivity index (χ0) is 17.1. The lowest BCUT2D eigenvalue weighted by Crippen LogP contribution is -2.39. The van der Waals surface area contributed by atoms with Crippen LogP contribution in [0.25, 0.3) is 0 Å². The molecule has 2 aliphatic heterocycles. The molecule has 0 spiro atoms. The first-order chi connectivity index (χ1) is 12.3. The van der Waals surface area contributed by atoms with Gasteiger partial charge < -0.3 is 14.5 Å². The summed E-state index contributed by atoms with van der Waals surface area (Å²) in [6, 6.07) is 10.4. The maximum absolute atomic E-state index is 6.12.